The summed E-state index contributed by atoms with van der Waals surface area (Å²) in [6.07, 6.45) is -3.07. The number of rotatable bonds is 2. The Labute approximate surface area is 106 Å². The standard InChI is InChI=1S/C11H8ClF3N2O/c1-18-9-6-16-17(10(9)12)8-4-2-3-7(5-8)11(13,14)15/h2-6H,1H3. The van der Waals surface area contributed by atoms with E-state index in [0.717, 1.165) is 12.1 Å². The van der Waals surface area contributed by atoms with Crippen LogP contribution in [0.2, 0.25) is 5.15 Å². The number of hydrogen-bond acceptors (Lipinski definition) is 2. The molecule has 0 saturated heterocycles. The molecule has 0 aliphatic heterocycles. The number of nitrogens with zero attached hydrogens (tertiary/aromatic N) is 2. The Kier molecular flexibility index (Phi) is 3.21. The summed E-state index contributed by atoms with van der Waals surface area (Å²) < 4.78 is 43.8. The topological polar surface area (TPSA) is 27.1 Å². The van der Waals surface area contributed by atoms with Gasteiger partial charge in [-0.3, -0.25) is 0 Å². The summed E-state index contributed by atoms with van der Waals surface area (Å²) >= 11 is 5.92. The third kappa shape index (κ3) is 2.28. The van der Waals surface area contributed by atoms with Crippen LogP contribution in [-0.2, 0) is 6.18 Å². The lowest BCUT2D eigenvalue weighted by Gasteiger charge is -2.09. The van der Waals surface area contributed by atoms with Crippen LogP contribution in [0.1, 0.15) is 5.56 Å². The maximum Gasteiger partial charge on any atom is 0.416 e. The predicted octanol–water partition coefficient (Wildman–Crippen LogP) is 3.55. The van der Waals surface area contributed by atoms with E-state index in [0.29, 0.717) is 5.75 Å². The van der Waals surface area contributed by atoms with Gasteiger partial charge in [0.25, 0.3) is 0 Å². The van der Waals surface area contributed by atoms with Crippen molar-refractivity contribution in [1.29, 1.82) is 0 Å². The first-order chi connectivity index (χ1) is 8.43. The average molecular weight is 277 g/mol. The average Bonchev–Trinajstić information content (AvgIpc) is 2.69. The first-order valence-electron chi connectivity index (χ1n) is 4.88. The molecule has 0 N–H and O–H groups in total. The van der Waals surface area contributed by atoms with Gasteiger partial charge in [-0.1, -0.05) is 17.7 Å². The molecule has 0 aliphatic rings. The van der Waals surface area contributed by atoms with Crippen molar-refractivity contribution in [2.24, 2.45) is 0 Å². The van der Waals surface area contributed by atoms with Crippen LogP contribution in [0, 0.1) is 0 Å². The molecule has 1 aromatic carbocycles. The number of ether oxygens (including phenoxy) is 1. The fourth-order valence-corrected chi connectivity index (χ4v) is 1.72. The van der Waals surface area contributed by atoms with Gasteiger partial charge in [0.05, 0.1) is 24.6 Å². The second kappa shape index (κ2) is 4.53. The lowest BCUT2D eigenvalue weighted by molar-refractivity contribution is -0.137. The van der Waals surface area contributed by atoms with Crippen molar-refractivity contribution in [1.82, 2.24) is 9.78 Å². The lowest BCUT2D eigenvalue weighted by Crippen LogP contribution is -2.06. The molecule has 2 aromatic rings. The third-order valence-electron chi connectivity index (χ3n) is 2.32. The molecule has 0 bridgehead atoms. The zero-order valence-electron chi connectivity index (χ0n) is 9.20. The molecule has 0 spiro atoms. The Morgan fingerprint density at radius 2 is 2.06 bits per heavy atom. The van der Waals surface area contributed by atoms with E-state index in [1.807, 2.05) is 0 Å². The molecular formula is C11H8ClF3N2O. The second-order valence-electron chi connectivity index (χ2n) is 3.46. The van der Waals surface area contributed by atoms with E-state index < -0.39 is 11.7 Å². The normalized spacial score (nSPS) is 11.6. The van der Waals surface area contributed by atoms with Crippen LogP contribution in [0.25, 0.3) is 5.69 Å². The Morgan fingerprint density at radius 1 is 1.33 bits per heavy atom. The van der Waals surface area contributed by atoms with E-state index in [4.69, 9.17) is 16.3 Å². The van der Waals surface area contributed by atoms with Crippen LogP contribution in [0.15, 0.2) is 30.5 Å². The number of aromatic nitrogens is 2. The molecule has 1 heterocycles. The molecule has 0 atom stereocenters. The van der Waals surface area contributed by atoms with Crippen molar-refractivity contribution < 1.29 is 17.9 Å². The van der Waals surface area contributed by atoms with Crippen LogP contribution in [0.4, 0.5) is 13.2 Å². The van der Waals surface area contributed by atoms with Crippen LogP contribution in [0.5, 0.6) is 5.75 Å². The van der Waals surface area contributed by atoms with Gasteiger partial charge >= 0.3 is 6.18 Å². The highest BCUT2D eigenvalue weighted by Crippen LogP contribution is 2.32. The summed E-state index contributed by atoms with van der Waals surface area (Å²) in [7, 11) is 1.40. The minimum atomic E-state index is -4.40. The molecule has 0 radical (unpaired) electrons. The summed E-state index contributed by atoms with van der Waals surface area (Å²) in [5.41, 5.74) is -0.538. The van der Waals surface area contributed by atoms with E-state index in [1.54, 1.807) is 0 Å². The monoisotopic (exact) mass is 276 g/mol. The van der Waals surface area contributed by atoms with Gasteiger partial charge < -0.3 is 4.74 Å². The zero-order valence-corrected chi connectivity index (χ0v) is 9.96. The molecule has 3 nitrogen and oxygen atoms in total. The number of hydrogen-bond donors (Lipinski definition) is 0. The number of methoxy groups -OCH3 is 1. The Morgan fingerprint density at radius 3 is 2.61 bits per heavy atom. The summed E-state index contributed by atoms with van der Waals surface area (Å²) in [5, 5.41) is 3.99. The van der Waals surface area contributed by atoms with Gasteiger partial charge in [-0.15, -0.1) is 0 Å². The summed E-state index contributed by atoms with van der Waals surface area (Å²) in [5.74, 6) is 0.300. The lowest BCUT2D eigenvalue weighted by atomic mass is 10.2. The molecule has 0 aliphatic carbocycles. The van der Waals surface area contributed by atoms with Gasteiger partial charge in [-0.05, 0) is 18.2 Å². The Balaban J connectivity index is 2.48. The van der Waals surface area contributed by atoms with Gasteiger partial charge in [0.15, 0.2) is 10.9 Å². The van der Waals surface area contributed by atoms with Gasteiger partial charge in [0.2, 0.25) is 0 Å². The maximum absolute atomic E-state index is 12.6. The van der Waals surface area contributed by atoms with Gasteiger partial charge in [-0.2, -0.15) is 18.3 Å². The molecule has 0 unspecified atom stereocenters. The van der Waals surface area contributed by atoms with Crippen molar-refractivity contribution in [3.05, 3.63) is 41.2 Å². The highest BCUT2D eigenvalue weighted by molar-refractivity contribution is 6.31. The van der Waals surface area contributed by atoms with E-state index in [-0.39, 0.29) is 10.8 Å². The van der Waals surface area contributed by atoms with Crippen LogP contribution >= 0.6 is 11.6 Å². The third-order valence-corrected chi connectivity index (χ3v) is 2.66. The predicted molar refractivity (Wildman–Crippen MR) is 60.1 cm³/mol. The van der Waals surface area contributed by atoms with Crippen LogP contribution in [-0.4, -0.2) is 16.9 Å². The van der Waals surface area contributed by atoms with Crippen molar-refractivity contribution in [2.45, 2.75) is 6.18 Å². The van der Waals surface area contributed by atoms with Gasteiger partial charge in [0, 0.05) is 0 Å². The second-order valence-corrected chi connectivity index (χ2v) is 3.82. The van der Waals surface area contributed by atoms with Gasteiger partial charge in [0.1, 0.15) is 0 Å². The molecular weight excluding hydrogens is 269 g/mol. The summed E-state index contributed by atoms with van der Waals surface area (Å²) in [6, 6.07) is 4.73. The highest BCUT2D eigenvalue weighted by atomic mass is 35.5. The number of benzene rings is 1. The van der Waals surface area contributed by atoms with Crippen LogP contribution < -0.4 is 4.74 Å². The largest absolute Gasteiger partial charge is 0.492 e. The van der Waals surface area contributed by atoms with E-state index in [9.17, 15) is 13.2 Å². The Bertz CT molecular complexity index is 566. The minimum absolute atomic E-state index is 0.122. The van der Waals surface area contributed by atoms with Gasteiger partial charge in [-0.25, -0.2) is 4.68 Å². The number of halogens is 4. The minimum Gasteiger partial charge on any atom is -0.492 e. The van der Waals surface area contributed by atoms with Crippen molar-refractivity contribution in [3.8, 4) is 11.4 Å². The first-order valence-corrected chi connectivity index (χ1v) is 5.26. The fraction of sp³-hybridized carbons (Fsp3) is 0.182. The molecule has 2 rings (SSSR count). The molecule has 18 heavy (non-hydrogen) atoms. The zero-order chi connectivity index (χ0) is 13.3. The van der Waals surface area contributed by atoms with Crippen LogP contribution in [0.3, 0.4) is 0 Å². The molecule has 7 heteroatoms. The van der Waals surface area contributed by atoms with Crippen molar-refractivity contribution in [2.75, 3.05) is 7.11 Å². The molecule has 0 amide bonds. The highest BCUT2D eigenvalue weighted by Gasteiger charge is 2.30. The van der Waals surface area contributed by atoms with E-state index >= 15 is 0 Å². The fourth-order valence-electron chi connectivity index (χ4n) is 1.45. The van der Waals surface area contributed by atoms with Crippen molar-refractivity contribution in [3.63, 3.8) is 0 Å². The Hall–Kier alpha value is -1.69. The van der Waals surface area contributed by atoms with Crippen molar-refractivity contribution >= 4 is 11.6 Å². The smallest absolute Gasteiger partial charge is 0.416 e. The molecule has 1 aromatic heterocycles. The SMILES string of the molecule is COc1cnn(-c2cccc(C(F)(F)F)c2)c1Cl. The molecule has 96 valence electrons. The first kappa shape index (κ1) is 12.8. The quantitative estimate of drug-likeness (QED) is 0.839. The maximum atomic E-state index is 12.6. The molecule has 0 saturated carbocycles. The van der Waals surface area contributed by atoms with E-state index in [1.165, 1.54) is 30.1 Å². The number of alkyl halides is 3. The summed E-state index contributed by atoms with van der Waals surface area (Å²) in [6.45, 7) is 0. The molecule has 0 fully saturated rings. The summed E-state index contributed by atoms with van der Waals surface area (Å²) in [4.78, 5) is 0. The van der Waals surface area contributed by atoms with E-state index in [2.05, 4.69) is 5.10 Å².